The number of nitrogens with zero attached hydrogens (tertiary/aromatic N) is 1. The molecule has 0 saturated carbocycles. The van der Waals surface area contributed by atoms with Gasteiger partial charge in [-0.1, -0.05) is 20.8 Å². The van der Waals surface area contributed by atoms with Crippen molar-refractivity contribution in [3.63, 3.8) is 0 Å². The van der Waals surface area contributed by atoms with E-state index in [9.17, 15) is 4.79 Å². The largest absolute Gasteiger partial charge is 0.339 e. The molecule has 18 heavy (non-hydrogen) atoms. The van der Waals surface area contributed by atoms with Gasteiger partial charge in [0.1, 0.15) is 0 Å². The molecular weight excluding hydrogens is 268 g/mol. The molecule has 0 aliphatic heterocycles. The van der Waals surface area contributed by atoms with Gasteiger partial charge in [0, 0.05) is 11.9 Å². The van der Waals surface area contributed by atoms with Crippen molar-refractivity contribution < 1.29 is 4.79 Å². The number of rotatable bonds is 3. The minimum atomic E-state index is -0.451. The molecule has 0 aliphatic rings. The molecule has 0 spiro atoms. The normalized spacial score (nSPS) is 12.8. The Kier molecular flexibility index (Phi) is 6.34. The topological polar surface area (TPSA) is 46.3 Å². The van der Waals surface area contributed by atoms with Gasteiger partial charge in [-0.25, -0.2) is 0 Å². The van der Waals surface area contributed by atoms with Crippen LogP contribution in [-0.2, 0) is 11.3 Å². The van der Waals surface area contributed by atoms with Gasteiger partial charge in [0.15, 0.2) is 0 Å². The quantitative estimate of drug-likeness (QED) is 0.930. The van der Waals surface area contributed by atoms with Crippen LogP contribution in [0, 0.1) is 12.3 Å². The molecule has 1 heterocycles. The minimum absolute atomic E-state index is 0. The molecule has 0 fully saturated rings. The van der Waals surface area contributed by atoms with Crippen molar-refractivity contribution >= 4 is 29.7 Å². The SMILES string of the molecule is Cc1ccsc1CN(C)C(=O)[C@@H](N)C(C)(C)C.Cl. The van der Waals surface area contributed by atoms with Crippen LogP contribution in [0.4, 0.5) is 0 Å². The molecule has 5 heteroatoms. The number of hydrogen-bond donors (Lipinski definition) is 1. The van der Waals surface area contributed by atoms with Crippen molar-refractivity contribution in [1.29, 1.82) is 0 Å². The Balaban J connectivity index is 0.00000289. The Morgan fingerprint density at radius 2 is 2.06 bits per heavy atom. The summed E-state index contributed by atoms with van der Waals surface area (Å²) in [6, 6.07) is 1.62. The van der Waals surface area contributed by atoms with E-state index in [2.05, 4.69) is 13.0 Å². The van der Waals surface area contributed by atoms with Gasteiger partial charge in [-0.2, -0.15) is 0 Å². The molecule has 1 rings (SSSR count). The summed E-state index contributed by atoms with van der Waals surface area (Å²) in [7, 11) is 1.81. The first-order chi connectivity index (χ1) is 7.73. The van der Waals surface area contributed by atoms with Crippen molar-refractivity contribution in [3.05, 3.63) is 21.9 Å². The standard InChI is InChI=1S/C13H22N2OS.ClH/c1-9-6-7-17-10(9)8-15(5)12(16)11(14)13(2,3)4;/h6-7,11H,8,14H2,1-5H3;1H/t11-;/m1./s1. The highest BCUT2D eigenvalue weighted by atomic mass is 35.5. The van der Waals surface area contributed by atoms with Gasteiger partial charge in [-0.05, 0) is 29.3 Å². The van der Waals surface area contributed by atoms with E-state index in [0.717, 1.165) is 0 Å². The third-order valence-electron chi connectivity index (χ3n) is 2.92. The lowest BCUT2D eigenvalue weighted by atomic mass is 9.86. The van der Waals surface area contributed by atoms with Crippen LogP contribution in [0.15, 0.2) is 11.4 Å². The monoisotopic (exact) mass is 290 g/mol. The lowest BCUT2D eigenvalue weighted by Crippen LogP contribution is -2.48. The van der Waals surface area contributed by atoms with Crippen molar-refractivity contribution in [2.24, 2.45) is 11.1 Å². The van der Waals surface area contributed by atoms with Crippen molar-refractivity contribution in [1.82, 2.24) is 4.90 Å². The zero-order valence-corrected chi connectivity index (χ0v) is 13.3. The molecule has 0 bridgehead atoms. The molecule has 0 unspecified atom stereocenters. The highest BCUT2D eigenvalue weighted by Crippen LogP contribution is 2.21. The smallest absolute Gasteiger partial charge is 0.240 e. The van der Waals surface area contributed by atoms with E-state index in [-0.39, 0.29) is 23.7 Å². The number of likely N-dealkylation sites (N-methyl/N-ethyl adjacent to an activating group) is 1. The maximum atomic E-state index is 12.1. The summed E-state index contributed by atoms with van der Waals surface area (Å²) in [6.45, 7) is 8.67. The second-order valence-electron chi connectivity index (χ2n) is 5.56. The number of aryl methyl sites for hydroxylation is 1. The molecule has 3 nitrogen and oxygen atoms in total. The zero-order chi connectivity index (χ0) is 13.2. The molecule has 1 amide bonds. The third kappa shape index (κ3) is 4.26. The average molecular weight is 291 g/mol. The lowest BCUT2D eigenvalue weighted by molar-refractivity contribution is -0.134. The van der Waals surface area contributed by atoms with Crippen molar-refractivity contribution in [2.45, 2.75) is 40.3 Å². The van der Waals surface area contributed by atoms with E-state index in [0.29, 0.717) is 6.54 Å². The maximum absolute atomic E-state index is 12.1. The summed E-state index contributed by atoms with van der Waals surface area (Å²) in [5.41, 5.74) is 7.01. The fourth-order valence-corrected chi connectivity index (χ4v) is 2.43. The highest BCUT2D eigenvalue weighted by Gasteiger charge is 2.29. The fourth-order valence-electron chi connectivity index (χ4n) is 1.47. The first-order valence-electron chi connectivity index (χ1n) is 5.77. The fraction of sp³-hybridized carbons (Fsp3) is 0.615. The first kappa shape index (κ1) is 17.4. The molecule has 0 saturated heterocycles. The number of carbonyl (C=O) groups excluding carboxylic acids is 1. The average Bonchev–Trinajstić information content (AvgIpc) is 2.61. The minimum Gasteiger partial charge on any atom is -0.339 e. The predicted octanol–water partition coefficient (Wildman–Crippen LogP) is 2.81. The number of carbonyl (C=O) groups is 1. The molecule has 0 aromatic carbocycles. The van der Waals surface area contributed by atoms with E-state index < -0.39 is 6.04 Å². The second kappa shape index (κ2) is 6.55. The Labute approximate surface area is 120 Å². The van der Waals surface area contributed by atoms with Crippen molar-refractivity contribution in [2.75, 3.05) is 7.05 Å². The van der Waals surface area contributed by atoms with Gasteiger partial charge in [0.2, 0.25) is 5.91 Å². The summed E-state index contributed by atoms with van der Waals surface area (Å²) in [6.07, 6.45) is 0. The van der Waals surface area contributed by atoms with Crippen LogP contribution in [-0.4, -0.2) is 23.9 Å². The van der Waals surface area contributed by atoms with Gasteiger partial charge >= 0.3 is 0 Å². The molecule has 1 aromatic heterocycles. The zero-order valence-electron chi connectivity index (χ0n) is 11.7. The van der Waals surface area contributed by atoms with E-state index in [1.54, 1.807) is 16.2 Å². The number of amides is 1. The summed E-state index contributed by atoms with van der Waals surface area (Å²) in [4.78, 5) is 15.1. The van der Waals surface area contributed by atoms with Crippen molar-refractivity contribution in [3.8, 4) is 0 Å². The van der Waals surface area contributed by atoms with Crippen LogP contribution < -0.4 is 5.73 Å². The van der Waals surface area contributed by atoms with E-state index in [1.165, 1.54) is 10.4 Å². The molecule has 0 radical (unpaired) electrons. The van der Waals surface area contributed by atoms with E-state index in [1.807, 2.05) is 33.2 Å². The number of thiophene rings is 1. The van der Waals surface area contributed by atoms with Gasteiger partial charge in [-0.3, -0.25) is 4.79 Å². The van der Waals surface area contributed by atoms with Crippen LogP contribution in [0.1, 0.15) is 31.2 Å². The predicted molar refractivity (Wildman–Crippen MR) is 80.2 cm³/mol. The second-order valence-corrected chi connectivity index (χ2v) is 6.57. The molecule has 1 atom stereocenters. The number of nitrogens with two attached hydrogens (primary N) is 1. The van der Waals surface area contributed by atoms with E-state index in [4.69, 9.17) is 5.73 Å². The molecular formula is C13H23ClN2OS. The third-order valence-corrected chi connectivity index (χ3v) is 3.93. The van der Waals surface area contributed by atoms with Gasteiger partial charge in [-0.15, -0.1) is 23.7 Å². The lowest BCUT2D eigenvalue weighted by Gasteiger charge is -2.29. The van der Waals surface area contributed by atoms with Crippen LogP contribution in [0.2, 0.25) is 0 Å². The molecule has 1 aromatic rings. The Morgan fingerprint density at radius 3 is 2.44 bits per heavy atom. The van der Waals surface area contributed by atoms with Gasteiger partial charge in [0.05, 0.1) is 12.6 Å². The van der Waals surface area contributed by atoms with Crippen LogP contribution in [0.5, 0.6) is 0 Å². The summed E-state index contributed by atoms with van der Waals surface area (Å²) >= 11 is 1.68. The Bertz CT molecular complexity index is 398. The van der Waals surface area contributed by atoms with Gasteiger partial charge in [0.25, 0.3) is 0 Å². The summed E-state index contributed by atoms with van der Waals surface area (Å²) in [5, 5.41) is 2.05. The van der Waals surface area contributed by atoms with Gasteiger partial charge < -0.3 is 10.6 Å². The molecule has 104 valence electrons. The van der Waals surface area contributed by atoms with Crippen LogP contribution in [0.3, 0.4) is 0 Å². The number of hydrogen-bond acceptors (Lipinski definition) is 3. The van der Waals surface area contributed by atoms with Crippen LogP contribution in [0.25, 0.3) is 0 Å². The molecule has 0 aliphatic carbocycles. The summed E-state index contributed by atoms with van der Waals surface area (Å²) < 4.78 is 0. The Morgan fingerprint density at radius 1 is 1.50 bits per heavy atom. The Hall–Kier alpha value is -0.580. The maximum Gasteiger partial charge on any atom is 0.240 e. The summed E-state index contributed by atoms with van der Waals surface area (Å²) in [5.74, 6) is 0.00491. The van der Waals surface area contributed by atoms with Crippen LogP contribution >= 0.6 is 23.7 Å². The number of halogens is 1. The van der Waals surface area contributed by atoms with E-state index >= 15 is 0 Å². The molecule has 2 N–H and O–H groups in total. The highest BCUT2D eigenvalue weighted by molar-refractivity contribution is 7.10. The first-order valence-corrected chi connectivity index (χ1v) is 6.65.